The Bertz CT molecular complexity index is 786. The van der Waals surface area contributed by atoms with Crippen molar-refractivity contribution in [2.45, 2.75) is 59.3 Å². The van der Waals surface area contributed by atoms with Crippen LogP contribution in [-0.4, -0.2) is 11.6 Å². The SMILES string of the molecule is C/C(=N/NC(=O)c1ccc(C(C)(C)C)cc1)c1ccc(C(C)(C)C)cc1. The fourth-order valence-corrected chi connectivity index (χ4v) is 2.60. The molecule has 0 fully saturated rings. The Morgan fingerprint density at radius 1 is 0.731 bits per heavy atom. The van der Waals surface area contributed by atoms with Crippen molar-refractivity contribution in [3.63, 3.8) is 0 Å². The van der Waals surface area contributed by atoms with E-state index >= 15 is 0 Å². The minimum atomic E-state index is -0.198. The minimum absolute atomic E-state index is 0.0724. The first-order chi connectivity index (χ1) is 12.0. The topological polar surface area (TPSA) is 41.5 Å². The van der Waals surface area contributed by atoms with Crippen molar-refractivity contribution in [2.24, 2.45) is 5.10 Å². The molecule has 0 unspecified atom stereocenters. The van der Waals surface area contributed by atoms with Crippen molar-refractivity contribution >= 4 is 11.6 Å². The van der Waals surface area contributed by atoms with E-state index in [9.17, 15) is 4.79 Å². The van der Waals surface area contributed by atoms with Gasteiger partial charge in [-0.25, -0.2) is 5.43 Å². The first kappa shape index (κ1) is 19.9. The smallest absolute Gasteiger partial charge is 0.267 e. The molecule has 0 spiro atoms. The Kier molecular flexibility index (Phi) is 5.70. The summed E-state index contributed by atoms with van der Waals surface area (Å²) in [5.74, 6) is -0.198. The quantitative estimate of drug-likeness (QED) is 0.581. The summed E-state index contributed by atoms with van der Waals surface area (Å²) in [5, 5.41) is 4.25. The van der Waals surface area contributed by atoms with Crippen LogP contribution >= 0.6 is 0 Å². The van der Waals surface area contributed by atoms with Crippen molar-refractivity contribution in [2.75, 3.05) is 0 Å². The number of hydrazone groups is 1. The van der Waals surface area contributed by atoms with Crippen molar-refractivity contribution < 1.29 is 4.79 Å². The Hall–Kier alpha value is -2.42. The van der Waals surface area contributed by atoms with Crippen LogP contribution in [0.5, 0.6) is 0 Å². The van der Waals surface area contributed by atoms with E-state index in [0.29, 0.717) is 5.56 Å². The van der Waals surface area contributed by atoms with Gasteiger partial charge in [0, 0.05) is 5.56 Å². The molecule has 0 heterocycles. The normalized spacial score (nSPS) is 12.8. The average Bonchev–Trinajstić information content (AvgIpc) is 2.58. The van der Waals surface area contributed by atoms with Gasteiger partial charge in [0.1, 0.15) is 0 Å². The van der Waals surface area contributed by atoms with Gasteiger partial charge in [0.2, 0.25) is 0 Å². The molecule has 2 aromatic carbocycles. The van der Waals surface area contributed by atoms with Gasteiger partial charge in [0.05, 0.1) is 5.71 Å². The van der Waals surface area contributed by atoms with Gasteiger partial charge in [-0.2, -0.15) is 5.10 Å². The molecule has 3 heteroatoms. The fourth-order valence-electron chi connectivity index (χ4n) is 2.60. The molecular formula is C23H30N2O. The third kappa shape index (κ3) is 5.04. The highest BCUT2D eigenvalue weighted by Gasteiger charge is 2.15. The molecule has 0 bridgehead atoms. The Morgan fingerprint density at radius 2 is 1.12 bits per heavy atom. The summed E-state index contributed by atoms with van der Waals surface area (Å²) in [5.41, 5.74) is 7.71. The maximum absolute atomic E-state index is 12.3. The van der Waals surface area contributed by atoms with Gasteiger partial charge < -0.3 is 0 Å². The van der Waals surface area contributed by atoms with Crippen LogP contribution in [0.3, 0.4) is 0 Å². The number of hydrogen-bond acceptors (Lipinski definition) is 2. The molecule has 1 N–H and O–H groups in total. The van der Waals surface area contributed by atoms with Gasteiger partial charge in [0.25, 0.3) is 5.91 Å². The van der Waals surface area contributed by atoms with Crippen LogP contribution in [0.25, 0.3) is 0 Å². The van der Waals surface area contributed by atoms with E-state index in [1.165, 1.54) is 11.1 Å². The number of nitrogens with one attached hydrogen (secondary N) is 1. The predicted molar refractivity (Wildman–Crippen MR) is 110 cm³/mol. The number of benzene rings is 2. The van der Waals surface area contributed by atoms with Crippen LogP contribution in [0, 0.1) is 0 Å². The van der Waals surface area contributed by atoms with Crippen LogP contribution in [0.1, 0.15) is 75.5 Å². The van der Waals surface area contributed by atoms with Crippen LogP contribution in [-0.2, 0) is 10.8 Å². The lowest BCUT2D eigenvalue weighted by molar-refractivity contribution is 0.0955. The maximum Gasteiger partial charge on any atom is 0.271 e. The number of rotatable bonds is 3. The molecule has 0 atom stereocenters. The third-order valence-electron chi connectivity index (χ3n) is 4.51. The second-order valence-electron chi connectivity index (χ2n) is 8.79. The largest absolute Gasteiger partial charge is 0.271 e. The molecule has 1 amide bonds. The molecule has 3 nitrogen and oxygen atoms in total. The lowest BCUT2D eigenvalue weighted by atomic mass is 9.86. The van der Waals surface area contributed by atoms with E-state index in [1.807, 2.05) is 43.3 Å². The monoisotopic (exact) mass is 350 g/mol. The first-order valence-electron chi connectivity index (χ1n) is 9.04. The highest BCUT2D eigenvalue weighted by Crippen LogP contribution is 2.23. The van der Waals surface area contributed by atoms with E-state index < -0.39 is 0 Å². The van der Waals surface area contributed by atoms with E-state index in [4.69, 9.17) is 0 Å². The number of amides is 1. The van der Waals surface area contributed by atoms with Crippen molar-refractivity contribution in [1.29, 1.82) is 0 Å². The molecule has 0 aliphatic carbocycles. The maximum atomic E-state index is 12.3. The number of nitrogens with zero attached hydrogens (tertiary/aromatic N) is 1. The average molecular weight is 351 g/mol. The predicted octanol–water partition coefficient (Wildman–Crippen LogP) is 5.44. The molecule has 0 aliphatic heterocycles. The second kappa shape index (κ2) is 7.45. The summed E-state index contributed by atoms with van der Waals surface area (Å²) in [6, 6.07) is 16.0. The summed E-state index contributed by atoms with van der Waals surface area (Å²) in [6.07, 6.45) is 0. The molecular weight excluding hydrogens is 320 g/mol. The molecule has 0 radical (unpaired) electrons. The van der Waals surface area contributed by atoms with Gasteiger partial charge in [-0.05, 0) is 46.6 Å². The van der Waals surface area contributed by atoms with E-state index in [-0.39, 0.29) is 16.7 Å². The van der Waals surface area contributed by atoms with Crippen LogP contribution in [0.15, 0.2) is 53.6 Å². The van der Waals surface area contributed by atoms with Gasteiger partial charge in [-0.15, -0.1) is 0 Å². The summed E-state index contributed by atoms with van der Waals surface area (Å²) < 4.78 is 0. The first-order valence-corrected chi connectivity index (χ1v) is 9.04. The second-order valence-corrected chi connectivity index (χ2v) is 8.79. The highest BCUT2D eigenvalue weighted by atomic mass is 16.2. The van der Waals surface area contributed by atoms with Gasteiger partial charge >= 0.3 is 0 Å². The van der Waals surface area contributed by atoms with Crippen LogP contribution in [0.2, 0.25) is 0 Å². The van der Waals surface area contributed by atoms with Crippen molar-refractivity contribution in [1.82, 2.24) is 5.43 Å². The van der Waals surface area contributed by atoms with Gasteiger partial charge in [0.15, 0.2) is 0 Å². The van der Waals surface area contributed by atoms with Gasteiger partial charge in [-0.1, -0.05) is 77.9 Å². The molecule has 0 saturated heterocycles. The Labute approximate surface area is 157 Å². The summed E-state index contributed by atoms with van der Waals surface area (Å²) >= 11 is 0. The zero-order valence-corrected chi connectivity index (χ0v) is 17.0. The zero-order chi connectivity index (χ0) is 19.5. The Balaban J connectivity index is 2.07. The molecule has 2 aromatic rings. The standard InChI is InChI=1S/C23H30N2O/c1-16(17-8-12-19(13-9-17)22(2,3)4)24-25-21(26)18-10-14-20(15-11-18)23(5,6)7/h8-15H,1-7H3,(H,25,26)/b24-16-. The van der Waals surface area contributed by atoms with Crippen molar-refractivity contribution in [3.8, 4) is 0 Å². The lowest BCUT2D eigenvalue weighted by Crippen LogP contribution is -2.20. The van der Waals surface area contributed by atoms with E-state index in [0.717, 1.165) is 11.3 Å². The highest BCUT2D eigenvalue weighted by molar-refractivity contribution is 6.00. The minimum Gasteiger partial charge on any atom is -0.267 e. The molecule has 0 saturated carbocycles. The molecule has 0 aliphatic rings. The number of hydrogen-bond donors (Lipinski definition) is 1. The zero-order valence-electron chi connectivity index (χ0n) is 17.0. The summed E-state index contributed by atoms with van der Waals surface area (Å²) in [6.45, 7) is 14.9. The number of carbonyl (C=O) groups is 1. The fraction of sp³-hybridized carbons (Fsp3) is 0.391. The summed E-state index contributed by atoms with van der Waals surface area (Å²) in [7, 11) is 0. The molecule has 26 heavy (non-hydrogen) atoms. The summed E-state index contributed by atoms with van der Waals surface area (Å²) in [4.78, 5) is 12.3. The Morgan fingerprint density at radius 3 is 1.50 bits per heavy atom. The van der Waals surface area contributed by atoms with E-state index in [2.05, 4.69) is 64.2 Å². The lowest BCUT2D eigenvalue weighted by Gasteiger charge is -2.19. The van der Waals surface area contributed by atoms with Gasteiger partial charge in [-0.3, -0.25) is 4.79 Å². The van der Waals surface area contributed by atoms with Crippen LogP contribution in [0.4, 0.5) is 0 Å². The van der Waals surface area contributed by atoms with E-state index in [1.54, 1.807) is 0 Å². The molecule has 0 aromatic heterocycles. The molecule has 138 valence electrons. The van der Waals surface area contributed by atoms with Crippen molar-refractivity contribution in [3.05, 3.63) is 70.8 Å². The number of carbonyl (C=O) groups excluding carboxylic acids is 1. The van der Waals surface area contributed by atoms with Crippen LogP contribution < -0.4 is 5.43 Å². The molecule has 2 rings (SSSR count). The third-order valence-corrected chi connectivity index (χ3v) is 4.51.